The second kappa shape index (κ2) is 51.4. The Hall–Kier alpha value is -1.41. The number of rotatable bonds is 54. The molecule has 0 saturated carbocycles. The van der Waals surface area contributed by atoms with Crippen LogP contribution >= 0.6 is 0 Å². The van der Waals surface area contributed by atoms with Crippen LogP contribution in [0, 0.1) is 0 Å². The van der Waals surface area contributed by atoms with Crippen molar-refractivity contribution in [1.82, 2.24) is 5.32 Å². The summed E-state index contributed by atoms with van der Waals surface area (Å²) in [5, 5.41) is 76.1. The Bertz CT molecular complexity index is 1240. The molecule has 0 aromatic rings. The number of ether oxygens (including phenoxy) is 2. The van der Waals surface area contributed by atoms with Crippen LogP contribution < -0.4 is 5.32 Å². The Morgan fingerprint density at radius 2 is 0.822 bits per heavy atom. The molecule has 9 atom stereocenters. The molecule has 9 unspecified atom stereocenters. The molecule has 8 N–H and O–H groups in total. The van der Waals surface area contributed by atoms with Gasteiger partial charge in [0.05, 0.1) is 25.4 Å². The van der Waals surface area contributed by atoms with Gasteiger partial charge in [-0.25, -0.2) is 0 Å². The molecule has 0 aliphatic carbocycles. The third kappa shape index (κ3) is 39.6. The fourth-order valence-corrected chi connectivity index (χ4v) is 10.2. The SMILES string of the molecule is CCCCCCCCCCCCCCCCCCCCCCCC/C=C/CC/C=C/CCCC(O)C(O)C(COC1OC(CO)C(O)C(O)C1O)NC(=O)C(O)CCCCCCCCCCCCCCCCC. The lowest BCUT2D eigenvalue weighted by molar-refractivity contribution is -0.303. The van der Waals surface area contributed by atoms with Gasteiger partial charge in [-0.2, -0.15) is 0 Å². The summed E-state index contributed by atoms with van der Waals surface area (Å²) < 4.78 is 11.1. The van der Waals surface area contributed by atoms with E-state index >= 15 is 0 Å². The molecule has 73 heavy (non-hydrogen) atoms. The van der Waals surface area contributed by atoms with Crippen molar-refractivity contribution in [1.29, 1.82) is 0 Å². The quantitative estimate of drug-likeness (QED) is 0.0215. The zero-order valence-corrected chi connectivity index (χ0v) is 47.4. The summed E-state index contributed by atoms with van der Waals surface area (Å²) in [7, 11) is 0. The lowest BCUT2D eigenvalue weighted by Crippen LogP contribution is -2.60. The van der Waals surface area contributed by atoms with Crippen molar-refractivity contribution in [2.75, 3.05) is 13.2 Å². The van der Waals surface area contributed by atoms with Crippen LogP contribution in [0.3, 0.4) is 0 Å². The highest BCUT2D eigenvalue weighted by molar-refractivity contribution is 5.80. The Kier molecular flexibility index (Phi) is 49.0. The number of amides is 1. The van der Waals surface area contributed by atoms with Crippen molar-refractivity contribution in [2.45, 2.75) is 351 Å². The second-order valence-electron chi connectivity index (χ2n) is 22.1. The molecule has 0 aromatic carbocycles. The van der Waals surface area contributed by atoms with Gasteiger partial charge in [0, 0.05) is 0 Å². The Balaban J connectivity index is 2.25. The minimum absolute atomic E-state index is 0.249. The number of carbonyl (C=O) groups is 1. The first-order valence-corrected chi connectivity index (χ1v) is 31.2. The van der Waals surface area contributed by atoms with E-state index in [4.69, 9.17) is 9.47 Å². The summed E-state index contributed by atoms with van der Waals surface area (Å²) in [5.41, 5.74) is 0. The number of aliphatic hydroxyl groups is 7. The molecule has 0 aromatic heterocycles. The van der Waals surface area contributed by atoms with Gasteiger partial charge in [-0.05, 0) is 51.4 Å². The summed E-state index contributed by atoms with van der Waals surface area (Å²) in [6.45, 7) is 3.47. The predicted molar refractivity (Wildman–Crippen MR) is 302 cm³/mol. The van der Waals surface area contributed by atoms with E-state index in [0.29, 0.717) is 19.3 Å². The normalized spacial score (nSPS) is 20.0. The molecule has 1 fully saturated rings. The van der Waals surface area contributed by atoms with Gasteiger partial charge >= 0.3 is 0 Å². The Morgan fingerprint density at radius 3 is 1.22 bits per heavy atom. The molecular weight excluding hydrogens is 919 g/mol. The van der Waals surface area contributed by atoms with Crippen LogP contribution in [-0.2, 0) is 14.3 Å². The van der Waals surface area contributed by atoms with Crippen molar-refractivity contribution < 1.29 is 50.0 Å². The first-order chi connectivity index (χ1) is 35.7. The average molecular weight is 1040 g/mol. The molecule has 432 valence electrons. The molecule has 1 heterocycles. The topological polar surface area (TPSA) is 189 Å². The average Bonchev–Trinajstić information content (AvgIpc) is 3.39. The van der Waals surface area contributed by atoms with Crippen LogP contribution in [0.5, 0.6) is 0 Å². The third-order valence-corrected chi connectivity index (χ3v) is 15.2. The first kappa shape index (κ1) is 69.6. The maximum absolute atomic E-state index is 13.2. The van der Waals surface area contributed by atoms with E-state index in [-0.39, 0.29) is 12.8 Å². The highest BCUT2D eigenvalue weighted by atomic mass is 16.7. The van der Waals surface area contributed by atoms with Crippen LogP contribution in [-0.4, -0.2) is 110 Å². The van der Waals surface area contributed by atoms with Crippen LogP contribution in [0.4, 0.5) is 0 Å². The van der Waals surface area contributed by atoms with Crippen LogP contribution in [0.1, 0.15) is 296 Å². The maximum atomic E-state index is 13.2. The van der Waals surface area contributed by atoms with E-state index in [1.54, 1.807) is 0 Å². The standard InChI is InChI=1S/C62H119NO10/c1-3-5-7-9-11-13-15-17-19-20-21-22-23-24-25-26-27-28-29-30-31-32-33-34-36-37-39-41-43-45-47-49-54(65)57(67)53(52-72-62-60(70)59(69)58(68)56(51-64)73-62)63-61(71)55(66)50-48-46-44-42-40-38-35-18-16-14-12-10-8-6-4-2/h34,36,41,43,53-60,62,64-70H,3-33,35,37-40,42,44-52H2,1-2H3,(H,63,71)/b36-34+,43-41+. The highest BCUT2D eigenvalue weighted by Gasteiger charge is 2.44. The summed E-state index contributed by atoms with van der Waals surface area (Å²) in [6.07, 6.45) is 51.2. The van der Waals surface area contributed by atoms with Gasteiger partial charge in [0.25, 0.3) is 0 Å². The lowest BCUT2D eigenvalue weighted by Gasteiger charge is -2.40. The van der Waals surface area contributed by atoms with Gasteiger partial charge in [-0.15, -0.1) is 0 Å². The van der Waals surface area contributed by atoms with Gasteiger partial charge in [0.1, 0.15) is 36.6 Å². The summed E-state index contributed by atoms with van der Waals surface area (Å²) in [4.78, 5) is 13.2. The van der Waals surface area contributed by atoms with E-state index < -0.39 is 74.2 Å². The fourth-order valence-electron chi connectivity index (χ4n) is 10.2. The third-order valence-electron chi connectivity index (χ3n) is 15.2. The minimum atomic E-state index is -1.67. The van der Waals surface area contributed by atoms with Crippen LogP contribution in [0.25, 0.3) is 0 Å². The van der Waals surface area contributed by atoms with Gasteiger partial charge in [0.15, 0.2) is 6.29 Å². The van der Waals surface area contributed by atoms with E-state index in [0.717, 1.165) is 38.5 Å². The van der Waals surface area contributed by atoms with E-state index in [1.807, 2.05) is 0 Å². The molecule has 0 spiro atoms. The monoisotopic (exact) mass is 1040 g/mol. The summed E-state index contributed by atoms with van der Waals surface area (Å²) >= 11 is 0. The van der Waals surface area contributed by atoms with E-state index in [9.17, 15) is 40.5 Å². The molecule has 11 heteroatoms. The van der Waals surface area contributed by atoms with Crippen LogP contribution in [0.2, 0.25) is 0 Å². The zero-order valence-electron chi connectivity index (χ0n) is 47.4. The van der Waals surface area contributed by atoms with Crippen molar-refractivity contribution in [3.63, 3.8) is 0 Å². The van der Waals surface area contributed by atoms with Gasteiger partial charge < -0.3 is 50.5 Å². The molecule has 0 bridgehead atoms. The molecular formula is C62H119NO10. The van der Waals surface area contributed by atoms with Gasteiger partial charge in [-0.3, -0.25) is 4.79 Å². The van der Waals surface area contributed by atoms with Gasteiger partial charge in [-0.1, -0.05) is 269 Å². The number of nitrogens with one attached hydrogen (secondary N) is 1. The number of unbranched alkanes of at least 4 members (excludes halogenated alkanes) is 38. The van der Waals surface area contributed by atoms with E-state index in [2.05, 4.69) is 43.5 Å². The zero-order chi connectivity index (χ0) is 53.3. The van der Waals surface area contributed by atoms with E-state index in [1.165, 1.54) is 212 Å². The van der Waals surface area contributed by atoms with Crippen LogP contribution in [0.15, 0.2) is 24.3 Å². The molecule has 1 saturated heterocycles. The number of allylic oxidation sites excluding steroid dienone is 4. The van der Waals surface area contributed by atoms with Crippen molar-refractivity contribution in [3.8, 4) is 0 Å². The Labute approximate surface area is 448 Å². The van der Waals surface area contributed by atoms with Crippen molar-refractivity contribution in [3.05, 3.63) is 24.3 Å². The fraction of sp³-hybridized carbons (Fsp3) is 0.919. The predicted octanol–water partition coefficient (Wildman–Crippen LogP) is 13.7. The molecule has 1 aliphatic rings. The number of carbonyl (C=O) groups excluding carboxylic acids is 1. The molecule has 1 rings (SSSR count). The molecule has 11 nitrogen and oxygen atoms in total. The minimum Gasteiger partial charge on any atom is -0.394 e. The largest absolute Gasteiger partial charge is 0.394 e. The number of aliphatic hydroxyl groups excluding tert-OH is 7. The Morgan fingerprint density at radius 1 is 0.466 bits per heavy atom. The number of hydrogen-bond donors (Lipinski definition) is 8. The molecule has 0 radical (unpaired) electrons. The van der Waals surface area contributed by atoms with Crippen molar-refractivity contribution >= 4 is 5.91 Å². The van der Waals surface area contributed by atoms with Gasteiger partial charge in [0.2, 0.25) is 5.91 Å². The first-order valence-electron chi connectivity index (χ1n) is 31.2. The maximum Gasteiger partial charge on any atom is 0.249 e. The second-order valence-corrected chi connectivity index (χ2v) is 22.1. The lowest BCUT2D eigenvalue weighted by atomic mass is 9.98. The molecule has 1 amide bonds. The van der Waals surface area contributed by atoms with Crippen molar-refractivity contribution in [2.24, 2.45) is 0 Å². The summed E-state index contributed by atoms with van der Waals surface area (Å²) in [6, 6.07) is -1.19. The summed E-state index contributed by atoms with van der Waals surface area (Å²) in [5.74, 6) is -0.706. The molecule has 1 aliphatic heterocycles. The number of hydrogen-bond acceptors (Lipinski definition) is 10. The highest BCUT2D eigenvalue weighted by Crippen LogP contribution is 2.23. The smallest absolute Gasteiger partial charge is 0.249 e.